The highest BCUT2D eigenvalue weighted by Crippen LogP contribution is 2.58. The number of allylic oxidation sites excluding steroid dienone is 2. The van der Waals surface area contributed by atoms with Crippen molar-refractivity contribution in [3.05, 3.63) is 118 Å². The van der Waals surface area contributed by atoms with Crippen molar-refractivity contribution < 1.29 is 29.7 Å². The Morgan fingerprint density at radius 1 is 0.878 bits per heavy atom. The lowest BCUT2D eigenvalue weighted by molar-refractivity contribution is -0.134. The molecule has 1 saturated heterocycles. The summed E-state index contributed by atoms with van der Waals surface area (Å²) in [7, 11) is 2.22. The first-order valence-electron chi connectivity index (χ1n) is 17.0. The molecule has 2 heterocycles. The van der Waals surface area contributed by atoms with Crippen LogP contribution in [0.15, 0.2) is 106 Å². The minimum Gasteiger partial charge on any atom is -0.508 e. The molecule has 3 atom stereocenters. The van der Waals surface area contributed by atoms with E-state index in [1.807, 2.05) is 17.8 Å². The molecule has 0 bridgehead atoms. The van der Waals surface area contributed by atoms with Gasteiger partial charge in [-0.3, -0.25) is 4.79 Å². The molecule has 3 aromatic carbocycles. The molecule has 3 aromatic rings. The number of benzene rings is 3. The van der Waals surface area contributed by atoms with Crippen LogP contribution < -0.4 is 0 Å². The number of fused-ring (bicyclic) bond motifs is 7. The molecule has 0 aromatic heterocycles. The third-order valence-corrected chi connectivity index (χ3v) is 11.9. The monoisotopic (exact) mass is 677 g/mol. The summed E-state index contributed by atoms with van der Waals surface area (Å²) in [6.45, 7) is 4.53. The van der Waals surface area contributed by atoms with E-state index in [1.165, 1.54) is 69.1 Å². The third-order valence-electron chi connectivity index (χ3n) is 10.7. The molecule has 2 saturated carbocycles. The summed E-state index contributed by atoms with van der Waals surface area (Å²) in [4.78, 5) is 36.6. The van der Waals surface area contributed by atoms with Crippen molar-refractivity contribution in [1.29, 1.82) is 0 Å². The van der Waals surface area contributed by atoms with E-state index in [0.29, 0.717) is 35.5 Å². The predicted octanol–water partition coefficient (Wildman–Crippen LogP) is 8.13. The van der Waals surface area contributed by atoms with Crippen LogP contribution in [0.1, 0.15) is 73.6 Å². The number of carbonyl (C=O) groups is 3. The lowest BCUT2D eigenvalue weighted by Gasteiger charge is -2.43. The van der Waals surface area contributed by atoms with E-state index in [4.69, 9.17) is 10.2 Å². The lowest BCUT2D eigenvalue weighted by atomic mass is 9.60. The minimum absolute atomic E-state index is 0.100. The van der Waals surface area contributed by atoms with Crippen LogP contribution in [0.5, 0.6) is 5.75 Å². The van der Waals surface area contributed by atoms with Crippen LogP contribution >= 0.6 is 11.8 Å². The summed E-state index contributed by atoms with van der Waals surface area (Å²) in [6, 6.07) is 23.5. The second-order valence-electron chi connectivity index (χ2n) is 13.7. The zero-order valence-corrected chi connectivity index (χ0v) is 28.8. The molecule has 2 aliphatic heterocycles. The Morgan fingerprint density at radius 3 is 2.10 bits per heavy atom. The number of piperidine rings is 1. The molecule has 3 N–H and O–H groups in total. The fraction of sp³-hybridized carbons (Fsp3) is 0.341. The number of carboxylic acid groups (broad SMARTS) is 2. The fourth-order valence-corrected chi connectivity index (χ4v) is 9.27. The number of likely N-dealkylation sites (tertiary alicyclic amines) is 1. The van der Waals surface area contributed by atoms with Crippen molar-refractivity contribution in [2.75, 3.05) is 20.1 Å². The number of carbonyl (C=O) groups excluding carboxylic acids is 1. The van der Waals surface area contributed by atoms with Gasteiger partial charge in [0.2, 0.25) is 0 Å². The SMILES string of the molecule is CC12CCC3C(=CCc4cc(O)ccc43)C1CCC2=O.CN1CCC(=C2c3ccccc3Sc3ccccc32)CC1.O=C(O)C=CC(=O)O. The molecule has 0 spiro atoms. The number of ketones is 1. The van der Waals surface area contributed by atoms with Gasteiger partial charge >= 0.3 is 11.9 Å². The van der Waals surface area contributed by atoms with Gasteiger partial charge in [0.1, 0.15) is 11.5 Å². The Balaban J connectivity index is 0.000000140. The molecule has 0 radical (unpaired) electrons. The van der Waals surface area contributed by atoms with Gasteiger partial charge in [-0.2, -0.15) is 0 Å². The van der Waals surface area contributed by atoms with E-state index in [1.54, 1.807) is 11.6 Å². The molecule has 3 fully saturated rings. The highest BCUT2D eigenvalue weighted by molar-refractivity contribution is 7.99. The van der Waals surface area contributed by atoms with Gasteiger partial charge in [-0.05, 0) is 104 Å². The van der Waals surface area contributed by atoms with E-state index in [-0.39, 0.29) is 5.41 Å². The quantitative estimate of drug-likeness (QED) is 0.144. The first-order chi connectivity index (χ1) is 23.5. The first-order valence-corrected chi connectivity index (χ1v) is 17.8. The third kappa shape index (κ3) is 7.31. The number of nitrogens with zero attached hydrogens (tertiary/aromatic N) is 1. The number of hydrogen-bond acceptors (Lipinski definition) is 6. The summed E-state index contributed by atoms with van der Waals surface area (Å²) in [5.74, 6) is -0.755. The van der Waals surface area contributed by atoms with Gasteiger partial charge in [-0.25, -0.2) is 9.59 Å². The van der Waals surface area contributed by atoms with Gasteiger partial charge in [0, 0.05) is 52.8 Å². The van der Waals surface area contributed by atoms with Crippen molar-refractivity contribution in [2.45, 2.75) is 67.6 Å². The molecule has 8 rings (SSSR count). The van der Waals surface area contributed by atoms with Crippen molar-refractivity contribution in [3.8, 4) is 5.75 Å². The van der Waals surface area contributed by atoms with Crippen molar-refractivity contribution in [3.63, 3.8) is 0 Å². The van der Waals surface area contributed by atoms with Crippen molar-refractivity contribution in [2.24, 2.45) is 11.3 Å². The Kier molecular flexibility index (Phi) is 10.3. The van der Waals surface area contributed by atoms with Gasteiger partial charge in [-0.15, -0.1) is 0 Å². The maximum Gasteiger partial charge on any atom is 0.328 e. The van der Waals surface area contributed by atoms with E-state index < -0.39 is 11.9 Å². The van der Waals surface area contributed by atoms with Crippen LogP contribution in [0.25, 0.3) is 5.57 Å². The molecule has 254 valence electrons. The highest BCUT2D eigenvalue weighted by atomic mass is 32.2. The Bertz CT molecular complexity index is 1800. The Hall–Kier alpha value is -4.40. The van der Waals surface area contributed by atoms with Crippen LogP contribution in [0.2, 0.25) is 0 Å². The summed E-state index contributed by atoms with van der Waals surface area (Å²) in [5.41, 5.74) is 10.0. The summed E-state index contributed by atoms with van der Waals surface area (Å²) < 4.78 is 0. The number of hydrogen-bond donors (Lipinski definition) is 3. The number of rotatable bonds is 2. The topological polar surface area (TPSA) is 115 Å². The van der Waals surface area contributed by atoms with E-state index in [0.717, 1.165) is 32.1 Å². The largest absolute Gasteiger partial charge is 0.508 e. The normalized spacial score (nSPS) is 23.7. The Labute approximate surface area is 292 Å². The van der Waals surface area contributed by atoms with E-state index >= 15 is 0 Å². The maximum atomic E-state index is 12.2. The average molecular weight is 678 g/mol. The minimum atomic E-state index is -1.26. The molecule has 3 unspecified atom stereocenters. The van der Waals surface area contributed by atoms with Crippen molar-refractivity contribution >= 4 is 35.1 Å². The van der Waals surface area contributed by atoms with Gasteiger partial charge in [0.15, 0.2) is 0 Å². The van der Waals surface area contributed by atoms with Crippen LogP contribution in [0, 0.1) is 11.3 Å². The van der Waals surface area contributed by atoms with Crippen LogP contribution in [-0.2, 0) is 20.8 Å². The van der Waals surface area contributed by atoms with Crippen molar-refractivity contribution in [1.82, 2.24) is 4.90 Å². The number of Topliss-reactive ketones (excluding diaryl/α,β-unsaturated/α-hetero) is 1. The van der Waals surface area contributed by atoms with Gasteiger partial charge in [0.05, 0.1) is 0 Å². The maximum absolute atomic E-state index is 12.2. The van der Waals surface area contributed by atoms with Crippen LogP contribution in [0.3, 0.4) is 0 Å². The van der Waals surface area contributed by atoms with Crippen LogP contribution in [-0.4, -0.2) is 58.1 Å². The standard InChI is InChI=1S/C19H19NS.C18H20O2.C4H4O4/c1-20-12-10-14(11-13-20)19-15-6-2-4-8-17(15)21-18-9-5-3-7-16(18)19;1-18-9-8-14-13-5-3-12(19)10-11(13)2-4-15(14)16(18)6-7-17(18)20;5-3(6)1-2-4(7)8/h2-9H,10-13H2,1H3;3-5,10,14,16,19H,2,6-9H2,1H3;1-2H,(H,5,6)(H,7,8). The molecular weight excluding hydrogens is 635 g/mol. The molecule has 8 heteroatoms. The van der Waals surface area contributed by atoms with Crippen LogP contribution in [0.4, 0.5) is 0 Å². The molecule has 49 heavy (non-hydrogen) atoms. The van der Waals surface area contributed by atoms with E-state index in [2.05, 4.69) is 79.5 Å². The number of phenolic OH excluding ortho intramolecular Hbond substituents is 1. The Morgan fingerprint density at radius 2 is 1.49 bits per heavy atom. The number of aliphatic carboxylic acids is 2. The van der Waals surface area contributed by atoms with E-state index in [9.17, 15) is 19.5 Å². The van der Waals surface area contributed by atoms with Gasteiger partial charge in [-0.1, -0.05) is 78.4 Å². The zero-order chi connectivity index (χ0) is 34.7. The molecule has 7 nitrogen and oxygen atoms in total. The zero-order valence-electron chi connectivity index (χ0n) is 28.0. The first kappa shape index (κ1) is 34.5. The molecule has 5 aliphatic rings. The fourth-order valence-electron chi connectivity index (χ4n) is 8.18. The summed E-state index contributed by atoms with van der Waals surface area (Å²) >= 11 is 1.91. The number of carboxylic acids is 2. The predicted molar refractivity (Wildman–Crippen MR) is 192 cm³/mol. The summed E-state index contributed by atoms with van der Waals surface area (Å²) in [5, 5.41) is 25.3. The number of phenols is 1. The lowest BCUT2D eigenvalue weighted by Crippen LogP contribution is -2.37. The smallest absolute Gasteiger partial charge is 0.328 e. The second kappa shape index (κ2) is 14.6. The highest BCUT2D eigenvalue weighted by Gasteiger charge is 2.52. The van der Waals surface area contributed by atoms with Gasteiger partial charge in [0.25, 0.3) is 0 Å². The van der Waals surface area contributed by atoms with Gasteiger partial charge < -0.3 is 20.2 Å². The second-order valence-corrected chi connectivity index (χ2v) is 14.8. The number of aromatic hydroxyl groups is 1. The summed E-state index contributed by atoms with van der Waals surface area (Å²) in [6.07, 6.45) is 10.6. The molecule has 3 aliphatic carbocycles. The molecular formula is C41H43NO6S. The molecule has 0 amide bonds. The average Bonchev–Trinajstić information content (AvgIpc) is 3.40.